The number of hydrogen-bond acceptors (Lipinski definition) is 6. The average molecular weight is 224 g/mol. The molecule has 0 amide bonds. The molecule has 0 atom stereocenters. The molecule has 0 unspecified atom stereocenters. The van der Waals surface area contributed by atoms with Crippen LogP contribution in [0.1, 0.15) is 13.8 Å². The van der Waals surface area contributed by atoms with Crippen LogP contribution in [0.4, 0.5) is 11.6 Å². The third kappa shape index (κ3) is 3.01. The maximum absolute atomic E-state index is 5.75. The Morgan fingerprint density at radius 1 is 1.31 bits per heavy atom. The molecule has 0 spiro atoms. The fourth-order valence-corrected chi connectivity index (χ4v) is 0.969. The van der Waals surface area contributed by atoms with Crippen LogP contribution in [0.15, 0.2) is 12.8 Å². The second kappa shape index (κ2) is 5.20. The molecular weight excluding hydrogens is 208 g/mol. The Labute approximate surface area is 94.3 Å². The van der Waals surface area contributed by atoms with Crippen molar-refractivity contribution in [3.8, 4) is 11.8 Å². The van der Waals surface area contributed by atoms with Crippen LogP contribution >= 0.6 is 0 Å². The molecule has 1 rings (SSSR count). The Kier molecular flexibility index (Phi) is 3.93. The zero-order chi connectivity index (χ0) is 12.1. The summed E-state index contributed by atoms with van der Waals surface area (Å²) in [6.45, 7) is 7.94. The highest BCUT2D eigenvalue weighted by molar-refractivity contribution is 5.58. The van der Waals surface area contributed by atoms with Crippen LogP contribution in [0, 0.1) is 5.92 Å². The Hall–Kier alpha value is -1.98. The summed E-state index contributed by atoms with van der Waals surface area (Å²) in [4.78, 5) is 7.71. The van der Waals surface area contributed by atoms with Crippen LogP contribution in [0.3, 0.4) is 0 Å². The van der Waals surface area contributed by atoms with Crippen LogP contribution in [0.5, 0.6) is 11.8 Å². The van der Waals surface area contributed by atoms with Gasteiger partial charge in [0.25, 0.3) is 5.88 Å². The molecule has 0 radical (unpaired) electrons. The van der Waals surface area contributed by atoms with Gasteiger partial charge >= 0.3 is 0 Å². The number of hydrogen-bond donors (Lipinski definition) is 2. The lowest BCUT2D eigenvalue weighted by Gasteiger charge is -2.11. The van der Waals surface area contributed by atoms with Crippen molar-refractivity contribution in [2.24, 2.45) is 5.92 Å². The van der Waals surface area contributed by atoms with Crippen LogP contribution in [-0.4, -0.2) is 16.6 Å². The van der Waals surface area contributed by atoms with Gasteiger partial charge in [-0.1, -0.05) is 20.4 Å². The van der Waals surface area contributed by atoms with Crippen molar-refractivity contribution < 1.29 is 9.47 Å². The van der Waals surface area contributed by atoms with Gasteiger partial charge in [-0.15, -0.1) is 0 Å². The summed E-state index contributed by atoms with van der Waals surface area (Å²) in [6, 6.07) is 0. The molecule has 0 aliphatic rings. The van der Waals surface area contributed by atoms with Crippen molar-refractivity contribution >= 4 is 11.6 Å². The van der Waals surface area contributed by atoms with E-state index in [9.17, 15) is 0 Å². The van der Waals surface area contributed by atoms with E-state index in [4.69, 9.17) is 20.9 Å². The Morgan fingerprint density at radius 2 is 1.94 bits per heavy atom. The lowest BCUT2D eigenvalue weighted by Crippen LogP contribution is -2.10. The number of rotatable bonds is 5. The third-order valence-corrected chi connectivity index (χ3v) is 1.64. The molecule has 88 valence electrons. The van der Waals surface area contributed by atoms with E-state index in [2.05, 4.69) is 16.5 Å². The predicted molar refractivity (Wildman–Crippen MR) is 62.0 cm³/mol. The number of ether oxygens (including phenoxy) is 2. The standard InChI is InChI=1S/C10H16N4O2/c1-4-15-8-7(11)9(14-10(12)13-8)16-5-6(2)3/h4,6H,1,5,11H2,2-3H3,(H2,12,13,14). The first-order valence-electron chi connectivity index (χ1n) is 4.88. The molecule has 4 N–H and O–H groups in total. The quantitative estimate of drug-likeness (QED) is 0.729. The van der Waals surface area contributed by atoms with E-state index < -0.39 is 0 Å². The van der Waals surface area contributed by atoms with E-state index in [0.717, 1.165) is 0 Å². The smallest absolute Gasteiger partial charge is 0.251 e. The molecule has 16 heavy (non-hydrogen) atoms. The highest BCUT2D eigenvalue weighted by Gasteiger charge is 2.13. The van der Waals surface area contributed by atoms with E-state index >= 15 is 0 Å². The number of nitrogen functional groups attached to an aromatic ring is 2. The van der Waals surface area contributed by atoms with Crippen molar-refractivity contribution in [2.75, 3.05) is 18.1 Å². The average Bonchev–Trinajstić information content (AvgIpc) is 2.21. The van der Waals surface area contributed by atoms with E-state index in [1.54, 1.807) is 0 Å². The van der Waals surface area contributed by atoms with Gasteiger partial charge in [-0.3, -0.25) is 0 Å². The molecule has 0 aliphatic carbocycles. The monoisotopic (exact) mass is 224 g/mol. The highest BCUT2D eigenvalue weighted by Crippen LogP contribution is 2.29. The number of nitrogens with zero attached hydrogens (tertiary/aromatic N) is 2. The van der Waals surface area contributed by atoms with Crippen molar-refractivity contribution in [2.45, 2.75) is 13.8 Å². The normalized spacial score (nSPS) is 10.2. The lowest BCUT2D eigenvalue weighted by molar-refractivity contribution is 0.261. The van der Waals surface area contributed by atoms with Gasteiger partial charge in [0, 0.05) is 0 Å². The molecule has 6 nitrogen and oxygen atoms in total. The zero-order valence-corrected chi connectivity index (χ0v) is 9.43. The minimum Gasteiger partial charge on any atom is -0.476 e. The third-order valence-electron chi connectivity index (χ3n) is 1.64. The van der Waals surface area contributed by atoms with Crippen LogP contribution in [0.2, 0.25) is 0 Å². The molecule has 0 saturated heterocycles. The molecule has 1 aromatic heterocycles. The maximum Gasteiger partial charge on any atom is 0.251 e. The lowest BCUT2D eigenvalue weighted by atomic mass is 10.2. The van der Waals surface area contributed by atoms with E-state index in [0.29, 0.717) is 12.5 Å². The van der Waals surface area contributed by atoms with Crippen LogP contribution in [-0.2, 0) is 0 Å². The number of nitrogens with two attached hydrogens (primary N) is 2. The fourth-order valence-electron chi connectivity index (χ4n) is 0.969. The van der Waals surface area contributed by atoms with Gasteiger partial charge in [-0.2, -0.15) is 9.97 Å². The first-order valence-corrected chi connectivity index (χ1v) is 4.88. The van der Waals surface area contributed by atoms with E-state index in [-0.39, 0.29) is 23.4 Å². The Morgan fingerprint density at radius 3 is 2.50 bits per heavy atom. The van der Waals surface area contributed by atoms with Gasteiger partial charge < -0.3 is 20.9 Å². The number of aromatic nitrogens is 2. The molecule has 0 aliphatic heterocycles. The highest BCUT2D eigenvalue weighted by atomic mass is 16.5. The summed E-state index contributed by atoms with van der Waals surface area (Å²) in [5.74, 6) is 0.795. The predicted octanol–water partition coefficient (Wildman–Crippen LogP) is 1.20. The first-order chi connectivity index (χ1) is 7.54. The molecule has 1 heterocycles. The summed E-state index contributed by atoms with van der Waals surface area (Å²) in [7, 11) is 0. The Balaban J connectivity index is 2.94. The molecule has 0 bridgehead atoms. The minimum absolute atomic E-state index is 0.0461. The molecule has 6 heteroatoms. The first kappa shape index (κ1) is 12.1. The SMILES string of the molecule is C=COc1nc(N)nc(OCC(C)C)c1N. The fraction of sp³-hybridized carbons (Fsp3) is 0.400. The molecule has 1 aromatic rings. The van der Waals surface area contributed by atoms with Gasteiger partial charge in [-0.05, 0) is 5.92 Å². The van der Waals surface area contributed by atoms with Crippen molar-refractivity contribution in [3.05, 3.63) is 12.8 Å². The molecule has 0 aromatic carbocycles. The zero-order valence-electron chi connectivity index (χ0n) is 9.43. The van der Waals surface area contributed by atoms with Gasteiger partial charge in [0.2, 0.25) is 11.8 Å². The Bertz CT molecular complexity index is 379. The summed E-state index contributed by atoms with van der Waals surface area (Å²) in [5, 5.41) is 0. The van der Waals surface area contributed by atoms with E-state index in [1.807, 2.05) is 13.8 Å². The van der Waals surface area contributed by atoms with Gasteiger partial charge in [-0.25, -0.2) is 0 Å². The largest absolute Gasteiger partial charge is 0.476 e. The van der Waals surface area contributed by atoms with Gasteiger partial charge in [0.1, 0.15) is 0 Å². The van der Waals surface area contributed by atoms with Crippen LogP contribution in [0.25, 0.3) is 0 Å². The second-order valence-electron chi connectivity index (χ2n) is 3.60. The summed E-state index contributed by atoms with van der Waals surface area (Å²) >= 11 is 0. The topological polar surface area (TPSA) is 96.3 Å². The molecule has 0 saturated carbocycles. The number of anilines is 2. The van der Waals surface area contributed by atoms with Crippen molar-refractivity contribution in [3.63, 3.8) is 0 Å². The summed E-state index contributed by atoms with van der Waals surface area (Å²) in [5.41, 5.74) is 11.5. The van der Waals surface area contributed by atoms with Crippen LogP contribution < -0.4 is 20.9 Å². The molecule has 0 fully saturated rings. The van der Waals surface area contributed by atoms with Gasteiger partial charge in [0.05, 0.1) is 12.9 Å². The maximum atomic E-state index is 5.75. The van der Waals surface area contributed by atoms with Gasteiger partial charge in [0.15, 0.2) is 5.69 Å². The van der Waals surface area contributed by atoms with Crippen molar-refractivity contribution in [1.29, 1.82) is 0 Å². The second-order valence-corrected chi connectivity index (χ2v) is 3.60. The minimum atomic E-state index is 0.0461. The van der Waals surface area contributed by atoms with Crippen molar-refractivity contribution in [1.82, 2.24) is 9.97 Å². The summed E-state index contributed by atoms with van der Waals surface area (Å²) < 4.78 is 10.4. The van der Waals surface area contributed by atoms with E-state index in [1.165, 1.54) is 6.26 Å². The molecular formula is C10H16N4O2. The summed E-state index contributed by atoms with van der Waals surface area (Å²) in [6.07, 6.45) is 1.21.